The summed E-state index contributed by atoms with van der Waals surface area (Å²) in [5, 5.41) is 5.35. The molecule has 3 heterocycles. The van der Waals surface area contributed by atoms with Crippen molar-refractivity contribution in [3.63, 3.8) is 0 Å². The Labute approximate surface area is 257 Å². The molecule has 0 aliphatic carbocycles. The van der Waals surface area contributed by atoms with E-state index in [-0.39, 0.29) is 18.1 Å². The maximum atomic E-state index is 12.6. The van der Waals surface area contributed by atoms with Gasteiger partial charge in [0.05, 0.1) is 18.4 Å². The number of aryl methyl sites for hydroxylation is 2. The molecular weight excluding hydrogens is 558 g/mol. The summed E-state index contributed by atoms with van der Waals surface area (Å²) >= 11 is 0. The monoisotopic (exact) mass is 597 g/mol. The lowest BCUT2D eigenvalue weighted by Gasteiger charge is -2.34. The molecule has 0 unspecified atom stereocenters. The van der Waals surface area contributed by atoms with E-state index < -0.39 is 5.60 Å². The number of ether oxygens (including phenoxy) is 3. The van der Waals surface area contributed by atoms with Crippen LogP contribution in [0, 0.1) is 6.92 Å². The van der Waals surface area contributed by atoms with Crippen LogP contribution in [-0.4, -0.2) is 63.8 Å². The molecule has 1 aliphatic heterocycles. The number of carbonyl (C=O) groups excluding carboxylic acids is 2. The van der Waals surface area contributed by atoms with Crippen LogP contribution >= 0.6 is 0 Å². The zero-order chi connectivity index (χ0) is 31.3. The van der Waals surface area contributed by atoms with Crippen molar-refractivity contribution in [3.05, 3.63) is 72.1 Å². The van der Waals surface area contributed by atoms with Crippen LogP contribution in [0.2, 0.25) is 0 Å². The van der Waals surface area contributed by atoms with Gasteiger partial charge in [-0.15, -0.1) is 0 Å². The van der Waals surface area contributed by atoms with Crippen molar-refractivity contribution in [2.75, 3.05) is 25.5 Å². The first kappa shape index (κ1) is 30.7. The van der Waals surface area contributed by atoms with Crippen LogP contribution in [0.1, 0.15) is 51.2 Å². The Morgan fingerprint density at radius 3 is 2.66 bits per heavy atom. The van der Waals surface area contributed by atoms with Gasteiger partial charge >= 0.3 is 12.1 Å². The van der Waals surface area contributed by atoms with Gasteiger partial charge in [0.2, 0.25) is 11.8 Å². The van der Waals surface area contributed by atoms with Crippen LogP contribution in [0.3, 0.4) is 0 Å². The molecule has 0 spiro atoms. The molecule has 10 nitrogen and oxygen atoms in total. The van der Waals surface area contributed by atoms with E-state index in [1.165, 1.54) is 7.11 Å². The number of hydrogen-bond donors (Lipinski definition) is 1. The lowest BCUT2D eigenvalue weighted by Crippen LogP contribution is -2.47. The molecule has 10 heteroatoms. The lowest BCUT2D eigenvalue weighted by molar-refractivity contribution is -0.140. The number of piperidine rings is 1. The smallest absolute Gasteiger partial charge is 0.410 e. The van der Waals surface area contributed by atoms with Crippen LogP contribution in [0.4, 0.5) is 10.7 Å². The van der Waals surface area contributed by atoms with Crippen molar-refractivity contribution in [1.82, 2.24) is 19.9 Å². The number of nitrogens with zero attached hydrogens (tertiary/aromatic N) is 4. The van der Waals surface area contributed by atoms with E-state index in [4.69, 9.17) is 19.2 Å². The van der Waals surface area contributed by atoms with Gasteiger partial charge in [0, 0.05) is 43.3 Å². The molecule has 1 amide bonds. The van der Waals surface area contributed by atoms with Crippen LogP contribution < -0.4 is 10.1 Å². The molecular formula is C34H39N5O5. The van der Waals surface area contributed by atoms with Crippen LogP contribution in [-0.2, 0) is 20.7 Å². The highest BCUT2D eigenvalue weighted by Crippen LogP contribution is 2.37. The topological polar surface area (TPSA) is 116 Å². The summed E-state index contributed by atoms with van der Waals surface area (Å²) in [4.78, 5) is 40.0. The van der Waals surface area contributed by atoms with Gasteiger partial charge in [0.15, 0.2) is 0 Å². The van der Waals surface area contributed by atoms with E-state index in [0.717, 1.165) is 40.3 Å². The Morgan fingerprint density at radius 1 is 1.02 bits per heavy atom. The van der Waals surface area contributed by atoms with Gasteiger partial charge in [-0.1, -0.05) is 30.3 Å². The van der Waals surface area contributed by atoms with Gasteiger partial charge in [0.1, 0.15) is 11.4 Å². The van der Waals surface area contributed by atoms with Crippen molar-refractivity contribution in [3.8, 4) is 22.9 Å². The van der Waals surface area contributed by atoms with Gasteiger partial charge in [-0.25, -0.2) is 19.7 Å². The quantitative estimate of drug-likeness (QED) is 0.221. The van der Waals surface area contributed by atoms with Crippen molar-refractivity contribution in [1.29, 1.82) is 0 Å². The molecule has 2 aromatic heterocycles. The van der Waals surface area contributed by atoms with Gasteiger partial charge in [0.25, 0.3) is 0 Å². The zero-order valence-electron chi connectivity index (χ0n) is 25.9. The number of fused-ring (bicyclic) bond motifs is 1. The summed E-state index contributed by atoms with van der Waals surface area (Å²) in [6, 6.07) is 15.6. The largest absolute Gasteiger partial charge is 0.469 e. The van der Waals surface area contributed by atoms with E-state index >= 15 is 0 Å². The van der Waals surface area contributed by atoms with Gasteiger partial charge in [-0.2, -0.15) is 0 Å². The predicted molar refractivity (Wildman–Crippen MR) is 169 cm³/mol. The number of methoxy groups -OCH3 is 1. The highest BCUT2D eigenvalue weighted by Gasteiger charge is 2.28. The lowest BCUT2D eigenvalue weighted by atomic mass is 9.98. The Hall–Kier alpha value is -4.73. The third kappa shape index (κ3) is 7.42. The third-order valence-corrected chi connectivity index (χ3v) is 7.43. The summed E-state index contributed by atoms with van der Waals surface area (Å²) in [6.07, 6.45) is 5.68. The molecule has 1 atom stereocenters. The summed E-state index contributed by atoms with van der Waals surface area (Å²) in [6.45, 7) is 8.76. The summed E-state index contributed by atoms with van der Waals surface area (Å²) in [5.41, 5.74) is 2.82. The number of aromatic nitrogens is 3. The number of anilines is 1. The molecule has 1 saturated heterocycles. The maximum absolute atomic E-state index is 12.6. The van der Waals surface area contributed by atoms with Crippen LogP contribution in [0.5, 0.6) is 11.6 Å². The number of esters is 1. The second-order valence-corrected chi connectivity index (χ2v) is 11.9. The van der Waals surface area contributed by atoms with E-state index in [0.29, 0.717) is 49.2 Å². The van der Waals surface area contributed by atoms with Crippen LogP contribution in [0.15, 0.2) is 60.9 Å². The van der Waals surface area contributed by atoms with Crippen molar-refractivity contribution < 1.29 is 23.8 Å². The van der Waals surface area contributed by atoms with Gasteiger partial charge in [-0.3, -0.25) is 4.79 Å². The minimum atomic E-state index is -0.546. The molecule has 1 aliphatic rings. The summed E-state index contributed by atoms with van der Waals surface area (Å²) in [5.74, 6) is 1.33. The van der Waals surface area contributed by atoms with E-state index in [1.54, 1.807) is 17.3 Å². The van der Waals surface area contributed by atoms with Crippen LogP contribution in [0.25, 0.3) is 22.0 Å². The number of rotatable bonds is 8. The average Bonchev–Trinajstić information content (AvgIpc) is 3.01. The maximum Gasteiger partial charge on any atom is 0.410 e. The first-order chi connectivity index (χ1) is 21.1. The van der Waals surface area contributed by atoms with Gasteiger partial charge < -0.3 is 24.4 Å². The number of pyridine rings is 1. The van der Waals surface area contributed by atoms with Gasteiger partial charge in [-0.05, 0) is 81.7 Å². The highest BCUT2D eigenvalue weighted by molar-refractivity contribution is 5.92. The number of hydrogen-bond acceptors (Lipinski definition) is 9. The van der Waals surface area contributed by atoms with Crippen molar-refractivity contribution >= 4 is 28.8 Å². The second kappa shape index (κ2) is 13.3. The third-order valence-electron chi connectivity index (χ3n) is 7.43. The standard InChI is InChI=1S/C34H39N5O5/c1-22-13-15-25-23(14-16-29(40)42-5)9-6-11-26(25)30(22)43-31-27(12-7-18-35-31)28-17-19-36-32(38-28)37-24-10-8-20-39(21-24)33(41)44-34(2,3)4/h6-7,9,11-13,15,17-19,24H,8,10,14,16,20-21H2,1-5H3,(H,36,37,38)/t24-/m0/s1. The normalized spacial score (nSPS) is 15.1. The molecule has 230 valence electrons. The number of benzene rings is 2. The van der Waals surface area contributed by atoms with Crippen molar-refractivity contribution in [2.45, 2.75) is 65.0 Å². The molecule has 5 rings (SSSR count). The Morgan fingerprint density at radius 2 is 1.86 bits per heavy atom. The molecule has 4 aromatic rings. The molecule has 1 N–H and O–H groups in total. The van der Waals surface area contributed by atoms with Crippen molar-refractivity contribution in [2.24, 2.45) is 0 Å². The first-order valence-corrected chi connectivity index (χ1v) is 14.9. The predicted octanol–water partition coefficient (Wildman–Crippen LogP) is 6.71. The molecule has 1 fully saturated rings. The summed E-state index contributed by atoms with van der Waals surface area (Å²) < 4.78 is 16.9. The molecule has 0 radical (unpaired) electrons. The molecule has 44 heavy (non-hydrogen) atoms. The summed E-state index contributed by atoms with van der Waals surface area (Å²) in [7, 11) is 1.40. The minimum Gasteiger partial charge on any atom is -0.469 e. The molecule has 0 bridgehead atoms. The average molecular weight is 598 g/mol. The Bertz CT molecular complexity index is 1650. The fourth-order valence-electron chi connectivity index (χ4n) is 5.31. The second-order valence-electron chi connectivity index (χ2n) is 11.9. The first-order valence-electron chi connectivity index (χ1n) is 14.9. The Balaban J connectivity index is 1.37. The number of carbonyl (C=O) groups is 2. The molecule has 0 saturated carbocycles. The fourth-order valence-corrected chi connectivity index (χ4v) is 5.31. The molecule has 2 aromatic carbocycles. The number of amides is 1. The minimum absolute atomic E-state index is 0.0113. The number of nitrogens with one attached hydrogen (secondary N) is 1. The highest BCUT2D eigenvalue weighted by atomic mass is 16.6. The Kier molecular flexibility index (Phi) is 9.27. The fraction of sp³-hybridized carbons (Fsp3) is 0.382. The SMILES string of the molecule is COC(=O)CCc1cccc2c(Oc3ncccc3-c3ccnc(N[C@H]4CCCN(C(=O)OC(C)(C)C)C4)n3)c(C)ccc12. The number of likely N-dealkylation sites (tertiary alicyclic amines) is 1. The van der Waals surface area contributed by atoms with E-state index in [2.05, 4.69) is 21.4 Å². The van der Waals surface area contributed by atoms with E-state index in [9.17, 15) is 9.59 Å². The zero-order valence-corrected chi connectivity index (χ0v) is 25.9. The van der Waals surface area contributed by atoms with E-state index in [1.807, 2.05) is 70.2 Å².